The van der Waals surface area contributed by atoms with Crippen molar-refractivity contribution in [3.05, 3.63) is 76.2 Å². The van der Waals surface area contributed by atoms with E-state index in [4.69, 9.17) is 15.5 Å². The highest BCUT2D eigenvalue weighted by atomic mass is 32.1. The van der Waals surface area contributed by atoms with Crippen LogP contribution in [-0.4, -0.2) is 23.9 Å². The van der Waals surface area contributed by atoms with Gasteiger partial charge in [-0.1, -0.05) is 51.1 Å². The highest BCUT2D eigenvalue weighted by molar-refractivity contribution is 7.17. The van der Waals surface area contributed by atoms with E-state index < -0.39 is 5.91 Å². The lowest BCUT2D eigenvalue weighted by atomic mass is 9.72. The molecule has 6 nitrogen and oxygen atoms in total. The topological polar surface area (TPSA) is 94.3 Å². The number of aromatic nitrogens is 1. The zero-order valence-corrected chi connectivity index (χ0v) is 22.4. The average Bonchev–Trinajstić information content (AvgIpc) is 3.24. The summed E-state index contributed by atoms with van der Waals surface area (Å²) < 4.78 is 5.37. The summed E-state index contributed by atoms with van der Waals surface area (Å²) in [6.45, 7) is 6.76. The minimum atomic E-state index is -0.501. The lowest BCUT2D eigenvalue weighted by Gasteiger charge is -2.33. The smallest absolute Gasteiger partial charge is 0.257 e. The second-order valence-electron chi connectivity index (χ2n) is 10.6. The van der Waals surface area contributed by atoms with E-state index >= 15 is 0 Å². The second-order valence-corrected chi connectivity index (χ2v) is 11.7. The number of primary amides is 1. The summed E-state index contributed by atoms with van der Waals surface area (Å²) in [5, 5.41) is 4.30. The first-order valence-corrected chi connectivity index (χ1v) is 13.3. The van der Waals surface area contributed by atoms with Crippen molar-refractivity contribution in [3.8, 4) is 17.0 Å². The number of carbonyl (C=O) groups excluding carboxylic acids is 2. The molecule has 37 heavy (non-hydrogen) atoms. The number of fused-ring (bicyclic) bond motifs is 2. The van der Waals surface area contributed by atoms with Crippen LogP contribution in [0.2, 0.25) is 0 Å². The molecule has 0 saturated carbocycles. The normalized spacial score (nSPS) is 15.3. The number of methoxy groups -OCH3 is 1. The van der Waals surface area contributed by atoms with Gasteiger partial charge in [-0.15, -0.1) is 11.3 Å². The molecule has 2 aromatic carbocycles. The number of benzene rings is 2. The highest BCUT2D eigenvalue weighted by Gasteiger charge is 2.33. The number of pyridine rings is 1. The number of para-hydroxylation sites is 1. The van der Waals surface area contributed by atoms with Gasteiger partial charge in [-0.2, -0.15) is 0 Å². The Kier molecular flexibility index (Phi) is 6.50. The van der Waals surface area contributed by atoms with Crippen molar-refractivity contribution < 1.29 is 14.3 Å². The molecule has 0 radical (unpaired) electrons. The third kappa shape index (κ3) is 4.83. The number of rotatable bonds is 5. The summed E-state index contributed by atoms with van der Waals surface area (Å²) >= 11 is 1.48. The van der Waals surface area contributed by atoms with Gasteiger partial charge in [0.15, 0.2) is 0 Å². The molecule has 1 aliphatic rings. The molecule has 0 spiro atoms. The SMILES string of the molecule is COc1cccc(-c2cc(C(=O)Nc3sc4c(c3C(N)=O)CC[C@@H](C(C)(C)C)C4)c3ccccc3n2)c1. The third-order valence-electron chi connectivity index (χ3n) is 7.29. The number of anilines is 1. The van der Waals surface area contributed by atoms with Crippen molar-refractivity contribution in [1.82, 2.24) is 4.98 Å². The Balaban J connectivity index is 1.55. The molecular weight excluding hydrogens is 482 g/mol. The zero-order chi connectivity index (χ0) is 26.3. The molecule has 190 valence electrons. The van der Waals surface area contributed by atoms with Gasteiger partial charge >= 0.3 is 0 Å². The van der Waals surface area contributed by atoms with Crippen molar-refractivity contribution in [2.75, 3.05) is 12.4 Å². The lowest BCUT2D eigenvalue weighted by Crippen LogP contribution is -2.27. The van der Waals surface area contributed by atoms with Crippen LogP contribution in [0.5, 0.6) is 5.75 Å². The number of carbonyl (C=O) groups is 2. The van der Waals surface area contributed by atoms with Crippen molar-refractivity contribution >= 4 is 39.1 Å². The van der Waals surface area contributed by atoms with E-state index in [0.717, 1.165) is 40.7 Å². The van der Waals surface area contributed by atoms with Crippen LogP contribution >= 0.6 is 11.3 Å². The second kappa shape index (κ2) is 9.63. The van der Waals surface area contributed by atoms with E-state index in [1.54, 1.807) is 13.2 Å². The molecule has 0 fully saturated rings. The molecule has 2 heterocycles. The average molecular weight is 514 g/mol. The van der Waals surface area contributed by atoms with Crippen LogP contribution in [0.4, 0.5) is 5.00 Å². The van der Waals surface area contributed by atoms with Crippen molar-refractivity contribution in [3.63, 3.8) is 0 Å². The number of nitrogens with two attached hydrogens (primary N) is 1. The van der Waals surface area contributed by atoms with Gasteiger partial charge < -0.3 is 15.8 Å². The van der Waals surface area contributed by atoms with Gasteiger partial charge in [-0.05, 0) is 60.4 Å². The quantitative estimate of drug-likeness (QED) is 0.320. The third-order valence-corrected chi connectivity index (χ3v) is 8.46. The number of nitrogens with zero attached hydrogens (tertiary/aromatic N) is 1. The van der Waals surface area contributed by atoms with Gasteiger partial charge in [0.25, 0.3) is 11.8 Å². The summed E-state index contributed by atoms with van der Waals surface area (Å²) in [7, 11) is 1.62. The summed E-state index contributed by atoms with van der Waals surface area (Å²) in [6, 6.07) is 16.9. The maximum absolute atomic E-state index is 13.7. The van der Waals surface area contributed by atoms with Gasteiger partial charge in [-0.25, -0.2) is 4.98 Å². The number of amides is 2. The van der Waals surface area contributed by atoms with Crippen LogP contribution in [0.1, 0.15) is 58.3 Å². The first-order chi connectivity index (χ1) is 17.7. The molecule has 7 heteroatoms. The number of nitrogens with one attached hydrogen (secondary N) is 1. The molecule has 3 N–H and O–H groups in total. The lowest BCUT2D eigenvalue weighted by molar-refractivity contribution is 0.1000. The molecule has 4 aromatic rings. The summed E-state index contributed by atoms with van der Waals surface area (Å²) in [5.74, 6) is 0.426. The van der Waals surface area contributed by atoms with Crippen molar-refractivity contribution in [2.24, 2.45) is 17.1 Å². The molecule has 0 bridgehead atoms. The largest absolute Gasteiger partial charge is 0.497 e. The molecule has 5 rings (SSSR count). The zero-order valence-electron chi connectivity index (χ0n) is 21.6. The summed E-state index contributed by atoms with van der Waals surface area (Å²) in [4.78, 5) is 32.2. The summed E-state index contributed by atoms with van der Waals surface area (Å²) in [5.41, 5.74) is 10.1. The van der Waals surface area contributed by atoms with E-state index in [1.165, 1.54) is 11.3 Å². The number of hydrogen-bond donors (Lipinski definition) is 2. The maximum atomic E-state index is 13.7. The van der Waals surface area contributed by atoms with Crippen LogP contribution in [0.15, 0.2) is 54.6 Å². The Labute approximate surface area is 220 Å². The predicted octanol–water partition coefficient (Wildman–Crippen LogP) is 6.47. The fraction of sp³-hybridized carbons (Fsp3) is 0.300. The number of thiophene rings is 1. The molecule has 0 unspecified atom stereocenters. The standard InChI is InChI=1S/C30H31N3O3S/c1-30(2,3)18-12-13-21-25(15-18)37-29(26(21)27(31)34)33-28(35)22-16-24(17-8-7-9-19(14-17)36-4)32-23-11-6-5-10-20(22)23/h5-11,14,16,18H,12-13,15H2,1-4H3,(H2,31,34)(H,33,35)/t18-/m1/s1. The first kappa shape index (κ1) is 25.0. The highest BCUT2D eigenvalue weighted by Crippen LogP contribution is 2.44. The first-order valence-electron chi connectivity index (χ1n) is 12.5. The van der Waals surface area contributed by atoms with Crippen LogP contribution < -0.4 is 15.8 Å². The van der Waals surface area contributed by atoms with E-state index in [0.29, 0.717) is 39.0 Å². The maximum Gasteiger partial charge on any atom is 0.257 e. The van der Waals surface area contributed by atoms with Crippen LogP contribution in [0.25, 0.3) is 22.2 Å². The Hall–Kier alpha value is -3.71. The van der Waals surface area contributed by atoms with Crippen LogP contribution in [0.3, 0.4) is 0 Å². The Bertz CT molecular complexity index is 1520. The van der Waals surface area contributed by atoms with Crippen LogP contribution in [0, 0.1) is 11.3 Å². The van der Waals surface area contributed by atoms with E-state index in [-0.39, 0.29) is 11.3 Å². The molecule has 2 aromatic heterocycles. The van der Waals surface area contributed by atoms with Gasteiger partial charge in [0, 0.05) is 15.8 Å². The minimum absolute atomic E-state index is 0.171. The van der Waals surface area contributed by atoms with Crippen molar-refractivity contribution in [2.45, 2.75) is 40.0 Å². The minimum Gasteiger partial charge on any atom is -0.497 e. The van der Waals surface area contributed by atoms with Crippen molar-refractivity contribution in [1.29, 1.82) is 0 Å². The van der Waals surface area contributed by atoms with E-state index in [2.05, 4.69) is 26.1 Å². The molecule has 1 aliphatic carbocycles. The molecule has 0 saturated heterocycles. The van der Waals surface area contributed by atoms with E-state index in [1.807, 2.05) is 48.5 Å². The predicted molar refractivity (Wildman–Crippen MR) is 149 cm³/mol. The fourth-order valence-corrected chi connectivity index (χ4v) is 6.47. The van der Waals surface area contributed by atoms with Crippen LogP contribution in [-0.2, 0) is 12.8 Å². The van der Waals surface area contributed by atoms with Gasteiger partial charge in [-0.3, -0.25) is 9.59 Å². The summed E-state index contributed by atoms with van der Waals surface area (Å²) in [6.07, 6.45) is 2.68. The number of ether oxygens (including phenoxy) is 1. The molecule has 1 atom stereocenters. The van der Waals surface area contributed by atoms with Gasteiger partial charge in [0.2, 0.25) is 0 Å². The Morgan fingerprint density at radius 1 is 1.11 bits per heavy atom. The molecule has 0 aliphatic heterocycles. The monoisotopic (exact) mass is 513 g/mol. The number of hydrogen-bond acceptors (Lipinski definition) is 5. The Morgan fingerprint density at radius 3 is 2.62 bits per heavy atom. The molecule has 2 amide bonds. The van der Waals surface area contributed by atoms with Gasteiger partial charge in [0.05, 0.1) is 29.4 Å². The Morgan fingerprint density at radius 2 is 1.89 bits per heavy atom. The van der Waals surface area contributed by atoms with Gasteiger partial charge in [0.1, 0.15) is 10.8 Å². The fourth-order valence-electron chi connectivity index (χ4n) is 5.14. The van der Waals surface area contributed by atoms with E-state index in [9.17, 15) is 9.59 Å². The molecular formula is C30H31N3O3S.